The average Bonchev–Trinajstić information content (AvgIpc) is 3.03. The van der Waals surface area contributed by atoms with Gasteiger partial charge in [-0.25, -0.2) is 4.79 Å². The molecule has 0 aromatic carbocycles. The lowest BCUT2D eigenvalue weighted by Gasteiger charge is -2.43. The minimum absolute atomic E-state index is 0.0381. The van der Waals surface area contributed by atoms with Gasteiger partial charge in [-0.1, -0.05) is 12.1 Å². The molecule has 1 aliphatic rings. The van der Waals surface area contributed by atoms with Crippen molar-refractivity contribution in [3.63, 3.8) is 0 Å². The molecular weight excluding hydrogens is 328 g/mol. The highest BCUT2D eigenvalue weighted by Gasteiger charge is 2.41. The SMILES string of the molecule is CCc1cc(C(=O)N2CC[C@@H](n3ccc(=O)[nH]c3=O)[C@](C)(O)C2)no1. The summed E-state index contributed by atoms with van der Waals surface area (Å²) in [5.41, 5.74) is -2.21. The van der Waals surface area contributed by atoms with Gasteiger partial charge in [-0.3, -0.25) is 19.1 Å². The van der Waals surface area contributed by atoms with Crippen LogP contribution in [0.3, 0.4) is 0 Å². The Morgan fingerprint density at radius 2 is 2.28 bits per heavy atom. The first-order chi connectivity index (χ1) is 11.8. The molecule has 0 aliphatic carbocycles. The first kappa shape index (κ1) is 17.2. The van der Waals surface area contributed by atoms with Crippen LogP contribution in [-0.4, -0.2) is 49.3 Å². The largest absolute Gasteiger partial charge is 0.386 e. The smallest absolute Gasteiger partial charge is 0.328 e. The number of aromatic amines is 1. The van der Waals surface area contributed by atoms with E-state index < -0.39 is 22.9 Å². The first-order valence-corrected chi connectivity index (χ1v) is 8.10. The summed E-state index contributed by atoms with van der Waals surface area (Å²) in [6, 6.07) is 2.27. The Kier molecular flexibility index (Phi) is 4.34. The van der Waals surface area contributed by atoms with Gasteiger partial charge in [0.2, 0.25) is 0 Å². The molecule has 1 fully saturated rings. The van der Waals surface area contributed by atoms with E-state index in [4.69, 9.17) is 4.52 Å². The predicted octanol–water partition coefficient (Wildman–Crippen LogP) is -0.0748. The maximum absolute atomic E-state index is 12.5. The molecule has 3 heterocycles. The second-order valence-corrected chi connectivity index (χ2v) is 6.44. The van der Waals surface area contributed by atoms with Crippen LogP contribution in [0.4, 0.5) is 0 Å². The summed E-state index contributed by atoms with van der Waals surface area (Å²) in [7, 11) is 0. The maximum atomic E-state index is 12.5. The summed E-state index contributed by atoms with van der Waals surface area (Å²) >= 11 is 0. The van der Waals surface area contributed by atoms with Gasteiger partial charge >= 0.3 is 5.69 Å². The second kappa shape index (κ2) is 6.32. The van der Waals surface area contributed by atoms with Gasteiger partial charge in [-0.2, -0.15) is 0 Å². The molecule has 134 valence electrons. The molecule has 9 nitrogen and oxygen atoms in total. The maximum Gasteiger partial charge on any atom is 0.328 e. The molecule has 1 amide bonds. The number of likely N-dealkylation sites (tertiary alicyclic amines) is 1. The Bertz CT molecular complexity index is 894. The van der Waals surface area contributed by atoms with Gasteiger partial charge in [0, 0.05) is 31.3 Å². The lowest BCUT2D eigenvalue weighted by atomic mass is 9.88. The molecule has 0 radical (unpaired) electrons. The lowest BCUT2D eigenvalue weighted by Crippen LogP contribution is -2.56. The number of β-amino-alcohol motifs (C(OH)–C–C–N with tert-alkyl or cyclic N) is 1. The fraction of sp³-hybridized carbons (Fsp3) is 0.500. The molecule has 2 N–H and O–H groups in total. The van der Waals surface area contributed by atoms with Gasteiger partial charge in [0.05, 0.1) is 12.6 Å². The molecule has 1 saturated heterocycles. The van der Waals surface area contributed by atoms with Gasteiger partial charge in [-0.15, -0.1) is 0 Å². The summed E-state index contributed by atoms with van der Waals surface area (Å²) in [6.45, 7) is 3.85. The summed E-state index contributed by atoms with van der Waals surface area (Å²) < 4.78 is 6.36. The minimum Gasteiger partial charge on any atom is -0.386 e. The monoisotopic (exact) mass is 348 g/mol. The van der Waals surface area contributed by atoms with Crippen molar-refractivity contribution in [1.82, 2.24) is 19.6 Å². The quantitative estimate of drug-likeness (QED) is 0.800. The summed E-state index contributed by atoms with van der Waals surface area (Å²) in [4.78, 5) is 39.4. The zero-order chi connectivity index (χ0) is 18.2. The van der Waals surface area contributed by atoms with E-state index in [0.29, 0.717) is 25.1 Å². The normalized spacial score (nSPS) is 23.6. The number of H-pyrrole nitrogens is 1. The van der Waals surface area contributed by atoms with Crippen molar-refractivity contribution in [1.29, 1.82) is 0 Å². The molecule has 9 heteroatoms. The third-order valence-electron chi connectivity index (χ3n) is 4.50. The van der Waals surface area contributed by atoms with Crippen LogP contribution in [0.1, 0.15) is 42.6 Å². The molecule has 1 aliphatic heterocycles. The Labute approximate surface area is 142 Å². The number of hydrogen-bond donors (Lipinski definition) is 2. The van der Waals surface area contributed by atoms with Crippen LogP contribution in [0.25, 0.3) is 0 Å². The number of carbonyl (C=O) groups is 1. The number of hydrogen-bond acceptors (Lipinski definition) is 6. The molecule has 0 saturated carbocycles. The molecule has 2 atom stereocenters. The third kappa shape index (κ3) is 3.27. The Morgan fingerprint density at radius 1 is 1.52 bits per heavy atom. The van der Waals surface area contributed by atoms with Gasteiger partial charge in [-0.05, 0) is 13.3 Å². The van der Waals surface area contributed by atoms with Gasteiger partial charge in [0.15, 0.2) is 5.69 Å². The molecule has 0 spiro atoms. The van der Waals surface area contributed by atoms with E-state index in [-0.39, 0.29) is 18.1 Å². The van der Waals surface area contributed by atoms with E-state index >= 15 is 0 Å². The Morgan fingerprint density at radius 3 is 2.88 bits per heavy atom. The van der Waals surface area contributed by atoms with Gasteiger partial charge < -0.3 is 14.5 Å². The van der Waals surface area contributed by atoms with Crippen LogP contribution in [0, 0.1) is 0 Å². The van der Waals surface area contributed by atoms with E-state index in [2.05, 4.69) is 10.1 Å². The van der Waals surface area contributed by atoms with Crippen molar-refractivity contribution in [2.45, 2.75) is 38.3 Å². The number of aliphatic hydroxyl groups is 1. The highest BCUT2D eigenvalue weighted by molar-refractivity contribution is 5.92. The fourth-order valence-electron chi connectivity index (χ4n) is 3.19. The van der Waals surface area contributed by atoms with Crippen molar-refractivity contribution >= 4 is 5.91 Å². The van der Waals surface area contributed by atoms with Crippen molar-refractivity contribution in [3.8, 4) is 0 Å². The van der Waals surface area contributed by atoms with E-state index in [9.17, 15) is 19.5 Å². The zero-order valence-electron chi connectivity index (χ0n) is 14.1. The molecule has 2 aromatic heterocycles. The van der Waals surface area contributed by atoms with Crippen molar-refractivity contribution in [2.75, 3.05) is 13.1 Å². The second-order valence-electron chi connectivity index (χ2n) is 6.44. The molecule has 2 aromatic rings. The predicted molar refractivity (Wildman–Crippen MR) is 87.4 cm³/mol. The highest BCUT2D eigenvalue weighted by atomic mass is 16.5. The molecular formula is C16H20N4O5. The highest BCUT2D eigenvalue weighted by Crippen LogP contribution is 2.31. The van der Waals surface area contributed by atoms with Crippen LogP contribution in [0.2, 0.25) is 0 Å². The van der Waals surface area contributed by atoms with Crippen LogP contribution in [0.5, 0.6) is 0 Å². The number of aryl methyl sites for hydroxylation is 1. The van der Waals surface area contributed by atoms with Gasteiger partial charge in [0.1, 0.15) is 11.4 Å². The standard InChI is InChI=1S/C16H20N4O5/c1-3-10-8-11(18-25-10)14(22)19-6-4-12(16(2,24)9-19)20-7-5-13(21)17-15(20)23/h5,7-8,12,24H,3-4,6,9H2,1-2H3,(H,17,21,23)/t12-,16-/m1/s1. The summed E-state index contributed by atoms with van der Waals surface area (Å²) in [5.74, 6) is 0.292. The number of carbonyl (C=O) groups excluding carboxylic acids is 1. The van der Waals surface area contributed by atoms with E-state index in [1.165, 1.54) is 21.7 Å². The molecule has 3 rings (SSSR count). The van der Waals surface area contributed by atoms with Crippen LogP contribution in [0.15, 0.2) is 32.4 Å². The Hall–Kier alpha value is -2.68. The zero-order valence-corrected chi connectivity index (χ0v) is 14.1. The number of rotatable bonds is 3. The topological polar surface area (TPSA) is 121 Å². The molecule has 25 heavy (non-hydrogen) atoms. The average molecular weight is 348 g/mol. The number of amides is 1. The Balaban J connectivity index is 1.81. The van der Waals surface area contributed by atoms with E-state index in [1.807, 2.05) is 6.92 Å². The number of nitrogens with zero attached hydrogens (tertiary/aromatic N) is 3. The van der Waals surface area contributed by atoms with Crippen LogP contribution in [-0.2, 0) is 6.42 Å². The molecule has 0 bridgehead atoms. The summed E-state index contributed by atoms with van der Waals surface area (Å²) in [6.07, 6.45) is 2.36. The lowest BCUT2D eigenvalue weighted by molar-refractivity contribution is -0.0505. The van der Waals surface area contributed by atoms with Crippen LogP contribution >= 0.6 is 0 Å². The first-order valence-electron chi connectivity index (χ1n) is 8.10. The minimum atomic E-state index is -1.34. The van der Waals surface area contributed by atoms with E-state index in [0.717, 1.165) is 0 Å². The fourth-order valence-corrected chi connectivity index (χ4v) is 3.19. The van der Waals surface area contributed by atoms with Gasteiger partial charge in [0.25, 0.3) is 11.5 Å². The third-order valence-corrected chi connectivity index (χ3v) is 4.50. The van der Waals surface area contributed by atoms with Crippen molar-refractivity contribution in [2.24, 2.45) is 0 Å². The molecule has 0 unspecified atom stereocenters. The number of nitrogens with one attached hydrogen (secondary N) is 1. The van der Waals surface area contributed by atoms with Crippen LogP contribution < -0.4 is 11.2 Å². The number of piperidine rings is 1. The summed E-state index contributed by atoms with van der Waals surface area (Å²) in [5, 5.41) is 14.6. The number of aromatic nitrogens is 3. The van der Waals surface area contributed by atoms with Crippen molar-refractivity contribution < 1.29 is 14.4 Å². The van der Waals surface area contributed by atoms with E-state index in [1.54, 1.807) is 13.0 Å². The van der Waals surface area contributed by atoms with Crippen molar-refractivity contribution in [3.05, 3.63) is 50.6 Å².